The van der Waals surface area contributed by atoms with E-state index in [1.54, 1.807) is 12.4 Å². The van der Waals surface area contributed by atoms with Crippen LogP contribution >= 0.6 is 0 Å². The minimum Gasteiger partial charge on any atom is -0.377 e. The van der Waals surface area contributed by atoms with Gasteiger partial charge in [0, 0.05) is 30.6 Å². The van der Waals surface area contributed by atoms with Gasteiger partial charge in [-0.15, -0.1) is 0 Å². The zero-order valence-electron chi connectivity index (χ0n) is 11.4. The van der Waals surface area contributed by atoms with Crippen molar-refractivity contribution in [1.82, 2.24) is 4.98 Å². The fourth-order valence-electron chi connectivity index (χ4n) is 1.93. The molecule has 0 amide bonds. The van der Waals surface area contributed by atoms with Gasteiger partial charge in [-0.05, 0) is 30.5 Å². The third-order valence-corrected chi connectivity index (χ3v) is 3.02. The molecule has 0 aliphatic carbocycles. The Morgan fingerprint density at radius 3 is 2.71 bits per heavy atom. The van der Waals surface area contributed by atoms with Gasteiger partial charge in [-0.3, -0.25) is 15.1 Å². The molecule has 0 aliphatic heterocycles. The Balaban J connectivity index is 1.79. The number of nitro benzene ring substituents is 1. The monoisotopic (exact) mass is 290 g/mol. The van der Waals surface area contributed by atoms with Gasteiger partial charge >= 0.3 is 5.69 Å². The number of pyridine rings is 1. The zero-order valence-corrected chi connectivity index (χ0v) is 11.4. The number of nitrogens with zero attached hydrogens (tertiary/aromatic N) is 2. The quantitative estimate of drug-likeness (QED) is 0.446. The van der Waals surface area contributed by atoms with Crippen molar-refractivity contribution in [2.24, 2.45) is 0 Å². The van der Waals surface area contributed by atoms with E-state index >= 15 is 0 Å². The molecule has 0 saturated carbocycles. The smallest absolute Gasteiger partial charge is 0.305 e. The summed E-state index contributed by atoms with van der Waals surface area (Å²) in [6.07, 6.45) is 5.10. The van der Waals surface area contributed by atoms with Gasteiger partial charge in [-0.25, -0.2) is 0 Å². The maximum Gasteiger partial charge on any atom is 0.305 e. The molecule has 5 nitrogen and oxygen atoms in total. The van der Waals surface area contributed by atoms with E-state index in [9.17, 15) is 14.5 Å². The molecule has 110 valence electrons. The third-order valence-electron chi connectivity index (χ3n) is 3.02. The highest BCUT2D eigenvalue weighted by atomic mass is 19.1. The largest absolute Gasteiger partial charge is 0.377 e. The number of nitro groups is 1. The fraction of sp³-hybridized carbons (Fsp3) is 0.267. The van der Waals surface area contributed by atoms with Gasteiger partial charge in [0.15, 0.2) is 0 Å². The zero-order chi connectivity index (χ0) is 15.1. The van der Waals surface area contributed by atoms with E-state index in [1.807, 2.05) is 12.1 Å². The van der Waals surface area contributed by atoms with Crippen LogP contribution in [0.3, 0.4) is 0 Å². The van der Waals surface area contributed by atoms with Crippen molar-refractivity contribution in [3.63, 3.8) is 0 Å². The maximum absolute atomic E-state index is 13.8. The number of aryl methyl sites for hydroxylation is 1. The van der Waals surface area contributed by atoms with Gasteiger partial charge in [0.05, 0.1) is 11.5 Å². The summed E-state index contributed by atoms with van der Waals surface area (Å²) in [5.74, 6) is -0.823. The molecular weight excluding hydrogens is 275 g/mol. The van der Waals surface area contributed by atoms with Crippen LogP contribution in [0, 0.1) is 15.9 Å². The van der Waals surface area contributed by atoms with Crippen LogP contribution in [0.25, 0.3) is 0 Å². The van der Waals surface area contributed by atoms with E-state index < -0.39 is 16.4 Å². The average Bonchev–Trinajstić information content (AvgIpc) is 2.49. The maximum atomic E-state index is 13.8. The Morgan fingerprint density at radius 1 is 1.24 bits per heavy atom. The summed E-state index contributed by atoms with van der Waals surface area (Å²) in [4.78, 5) is 13.8. The second-order valence-corrected chi connectivity index (χ2v) is 4.52. The predicted molar refractivity (Wildman–Crippen MR) is 75.3 cm³/mol. The van der Waals surface area contributed by atoms with Gasteiger partial charge in [-0.2, -0.15) is 4.39 Å². The van der Waals surface area contributed by atoms with Gasteiger partial charge < -0.3 is 4.74 Å². The normalized spacial score (nSPS) is 10.5. The van der Waals surface area contributed by atoms with Crippen LogP contribution in [0.4, 0.5) is 10.1 Å². The van der Waals surface area contributed by atoms with Crippen molar-refractivity contribution in [3.05, 3.63) is 69.8 Å². The van der Waals surface area contributed by atoms with Crippen LogP contribution in [-0.2, 0) is 17.8 Å². The molecule has 0 N–H and O–H groups in total. The molecule has 0 atom stereocenters. The Morgan fingerprint density at radius 2 is 2.00 bits per heavy atom. The average molecular weight is 290 g/mol. The summed E-state index contributed by atoms with van der Waals surface area (Å²) in [7, 11) is 0. The first kappa shape index (κ1) is 15.1. The van der Waals surface area contributed by atoms with Crippen LogP contribution in [0.15, 0.2) is 42.7 Å². The minimum absolute atomic E-state index is 0.0316. The Hall–Kier alpha value is -2.34. The molecule has 0 spiro atoms. The molecule has 0 fully saturated rings. The topological polar surface area (TPSA) is 65.3 Å². The van der Waals surface area contributed by atoms with E-state index in [2.05, 4.69) is 4.98 Å². The van der Waals surface area contributed by atoms with Crippen LogP contribution in [-0.4, -0.2) is 16.5 Å². The number of rotatable bonds is 7. The van der Waals surface area contributed by atoms with Gasteiger partial charge in [0.25, 0.3) is 0 Å². The standard InChI is InChI=1S/C15H15FN2O3/c16-15-13(4-1-5-14(15)18(19)20)11-21-10-2-3-12-6-8-17-9-7-12/h1,4-9H,2-3,10-11H2. The second kappa shape index (κ2) is 7.44. The van der Waals surface area contributed by atoms with Crippen molar-refractivity contribution in [1.29, 1.82) is 0 Å². The molecule has 0 aliphatic rings. The van der Waals surface area contributed by atoms with Crippen molar-refractivity contribution in [2.75, 3.05) is 6.61 Å². The van der Waals surface area contributed by atoms with Crippen LogP contribution in [0.2, 0.25) is 0 Å². The summed E-state index contributed by atoms with van der Waals surface area (Å²) >= 11 is 0. The highest BCUT2D eigenvalue weighted by Gasteiger charge is 2.16. The number of hydrogen-bond acceptors (Lipinski definition) is 4. The van der Waals surface area contributed by atoms with E-state index in [1.165, 1.54) is 12.1 Å². The molecular formula is C15H15FN2O3. The predicted octanol–water partition coefficient (Wildman–Crippen LogP) is 3.28. The van der Waals surface area contributed by atoms with E-state index in [0.29, 0.717) is 6.61 Å². The Labute approximate surface area is 121 Å². The molecule has 0 unspecified atom stereocenters. The molecule has 2 rings (SSSR count). The number of benzene rings is 1. The minimum atomic E-state index is -0.823. The Bertz CT molecular complexity index is 605. The van der Waals surface area contributed by atoms with Crippen LogP contribution < -0.4 is 0 Å². The Kier molecular flexibility index (Phi) is 5.34. The number of halogens is 1. The first-order chi connectivity index (χ1) is 10.2. The molecule has 1 heterocycles. The second-order valence-electron chi connectivity index (χ2n) is 4.52. The van der Waals surface area contributed by atoms with Gasteiger partial charge in [0.1, 0.15) is 0 Å². The molecule has 0 saturated heterocycles. The van der Waals surface area contributed by atoms with Gasteiger partial charge in [0.2, 0.25) is 5.82 Å². The van der Waals surface area contributed by atoms with Crippen molar-refractivity contribution in [2.45, 2.75) is 19.4 Å². The fourth-order valence-corrected chi connectivity index (χ4v) is 1.93. The molecule has 6 heteroatoms. The summed E-state index contributed by atoms with van der Waals surface area (Å²) in [5, 5.41) is 10.6. The van der Waals surface area contributed by atoms with E-state index in [4.69, 9.17) is 4.74 Å². The molecule has 0 radical (unpaired) electrons. The molecule has 1 aromatic carbocycles. The lowest BCUT2D eigenvalue weighted by Gasteiger charge is -2.06. The van der Waals surface area contributed by atoms with Gasteiger partial charge in [-0.1, -0.05) is 12.1 Å². The highest BCUT2D eigenvalue weighted by Crippen LogP contribution is 2.20. The lowest BCUT2D eigenvalue weighted by molar-refractivity contribution is -0.387. The van der Waals surface area contributed by atoms with Crippen molar-refractivity contribution in [3.8, 4) is 0 Å². The molecule has 0 bridgehead atoms. The SMILES string of the molecule is O=[N+]([O-])c1cccc(COCCCc2ccncc2)c1F. The summed E-state index contributed by atoms with van der Waals surface area (Å²) in [6.45, 7) is 0.494. The third kappa shape index (κ3) is 4.32. The highest BCUT2D eigenvalue weighted by molar-refractivity contribution is 5.36. The summed E-state index contributed by atoms with van der Waals surface area (Å²) in [5.41, 5.74) is 0.844. The number of hydrogen-bond donors (Lipinski definition) is 0. The first-order valence-electron chi connectivity index (χ1n) is 6.57. The molecule has 21 heavy (non-hydrogen) atoms. The summed E-state index contributed by atoms with van der Waals surface area (Å²) < 4.78 is 19.1. The first-order valence-corrected chi connectivity index (χ1v) is 6.57. The van der Waals surface area contributed by atoms with Crippen LogP contribution in [0.1, 0.15) is 17.5 Å². The van der Waals surface area contributed by atoms with Crippen molar-refractivity contribution >= 4 is 5.69 Å². The van der Waals surface area contributed by atoms with Crippen molar-refractivity contribution < 1.29 is 14.1 Å². The lowest BCUT2D eigenvalue weighted by Crippen LogP contribution is -2.02. The molecule has 2 aromatic rings. The van der Waals surface area contributed by atoms with E-state index in [0.717, 1.165) is 24.5 Å². The number of aromatic nitrogens is 1. The van der Waals surface area contributed by atoms with E-state index in [-0.39, 0.29) is 12.2 Å². The lowest BCUT2D eigenvalue weighted by atomic mass is 10.1. The number of ether oxygens (including phenoxy) is 1. The van der Waals surface area contributed by atoms with Crippen LogP contribution in [0.5, 0.6) is 0 Å². The molecule has 1 aromatic heterocycles. The summed E-state index contributed by atoms with van der Waals surface area (Å²) in [6, 6.07) is 7.95.